The Labute approximate surface area is 159 Å². The van der Waals surface area contributed by atoms with Gasteiger partial charge in [0.15, 0.2) is 5.96 Å². The molecule has 1 aromatic heterocycles. The maximum Gasteiger partial charge on any atom is 0.251 e. The third kappa shape index (κ3) is 6.88. The molecule has 1 amide bonds. The molecule has 1 atom stereocenters. The van der Waals surface area contributed by atoms with Gasteiger partial charge in [-0.2, -0.15) is 11.3 Å². The van der Waals surface area contributed by atoms with E-state index in [-0.39, 0.29) is 5.91 Å². The van der Waals surface area contributed by atoms with E-state index in [9.17, 15) is 4.79 Å². The van der Waals surface area contributed by atoms with Gasteiger partial charge in [0.05, 0.1) is 0 Å². The zero-order valence-electron chi connectivity index (χ0n) is 15.5. The van der Waals surface area contributed by atoms with Gasteiger partial charge in [-0.3, -0.25) is 9.79 Å². The molecule has 0 aliphatic carbocycles. The zero-order valence-corrected chi connectivity index (χ0v) is 16.3. The lowest BCUT2D eigenvalue weighted by Gasteiger charge is -2.13. The number of carbonyl (C=O) groups excluding carboxylic acids is 1. The molecule has 1 unspecified atom stereocenters. The van der Waals surface area contributed by atoms with Gasteiger partial charge in [0, 0.05) is 37.7 Å². The first-order valence-corrected chi connectivity index (χ1v) is 10.0. The number of carbonyl (C=O) groups is 1. The van der Waals surface area contributed by atoms with Crippen LogP contribution in [-0.4, -0.2) is 38.0 Å². The predicted octanol–water partition coefficient (Wildman–Crippen LogP) is 3.23. The second-order valence-electron chi connectivity index (χ2n) is 6.08. The second kappa shape index (κ2) is 11.3. The molecular formula is C20H28N4OS. The summed E-state index contributed by atoms with van der Waals surface area (Å²) in [7, 11) is 0. The van der Waals surface area contributed by atoms with Crippen LogP contribution in [0, 0.1) is 0 Å². The van der Waals surface area contributed by atoms with Crippen LogP contribution in [0.15, 0.2) is 52.2 Å². The quantitative estimate of drug-likeness (QED) is 0.360. The number of rotatable bonds is 9. The van der Waals surface area contributed by atoms with E-state index >= 15 is 0 Å². The lowest BCUT2D eigenvalue weighted by Crippen LogP contribution is -2.39. The average Bonchev–Trinajstić information content (AvgIpc) is 3.21. The van der Waals surface area contributed by atoms with Gasteiger partial charge in [-0.05, 0) is 47.9 Å². The van der Waals surface area contributed by atoms with Gasteiger partial charge in [-0.15, -0.1) is 0 Å². The van der Waals surface area contributed by atoms with E-state index in [4.69, 9.17) is 0 Å². The molecule has 0 spiro atoms. The molecule has 1 heterocycles. The fourth-order valence-corrected chi connectivity index (χ4v) is 3.20. The molecule has 0 saturated carbocycles. The molecule has 0 radical (unpaired) electrons. The molecule has 0 aliphatic rings. The summed E-state index contributed by atoms with van der Waals surface area (Å²) >= 11 is 1.72. The fraction of sp³-hybridized carbons (Fsp3) is 0.400. The first-order valence-electron chi connectivity index (χ1n) is 9.08. The minimum Gasteiger partial charge on any atom is -0.357 e. The Morgan fingerprint density at radius 3 is 2.58 bits per heavy atom. The van der Waals surface area contributed by atoms with Crippen LogP contribution in [0.2, 0.25) is 0 Å². The van der Waals surface area contributed by atoms with Crippen molar-refractivity contribution in [2.24, 2.45) is 4.99 Å². The van der Waals surface area contributed by atoms with Crippen LogP contribution in [0.3, 0.4) is 0 Å². The van der Waals surface area contributed by atoms with Crippen LogP contribution in [0.1, 0.15) is 42.1 Å². The fourth-order valence-electron chi connectivity index (χ4n) is 2.42. The molecule has 1 aromatic carbocycles. The van der Waals surface area contributed by atoms with Crippen molar-refractivity contribution < 1.29 is 4.79 Å². The third-order valence-electron chi connectivity index (χ3n) is 3.95. The van der Waals surface area contributed by atoms with E-state index in [2.05, 4.69) is 51.6 Å². The summed E-state index contributed by atoms with van der Waals surface area (Å²) in [5.74, 6) is 1.20. The molecule has 0 saturated heterocycles. The number of guanidine groups is 1. The van der Waals surface area contributed by atoms with Crippen molar-refractivity contribution in [3.63, 3.8) is 0 Å². The maximum absolute atomic E-state index is 12.0. The third-order valence-corrected chi connectivity index (χ3v) is 4.65. The highest BCUT2D eigenvalue weighted by molar-refractivity contribution is 7.07. The number of aliphatic imine (C=N–C) groups is 1. The topological polar surface area (TPSA) is 65.5 Å². The number of hydrogen-bond acceptors (Lipinski definition) is 3. The van der Waals surface area contributed by atoms with Gasteiger partial charge in [0.25, 0.3) is 5.91 Å². The number of nitrogens with zero attached hydrogens (tertiary/aromatic N) is 1. The summed E-state index contributed by atoms with van der Waals surface area (Å²) < 4.78 is 0. The van der Waals surface area contributed by atoms with E-state index in [1.54, 1.807) is 11.3 Å². The molecule has 0 fully saturated rings. The first-order chi connectivity index (χ1) is 12.7. The molecule has 5 nitrogen and oxygen atoms in total. The van der Waals surface area contributed by atoms with Crippen LogP contribution in [0.4, 0.5) is 0 Å². The Kier molecular flexibility index (Phi) is 8.69. The Morgan fingerprint density at radius 1 is 1.12 bits per heavy atom. The maximum atomic E-state index is 12.0. The van der Waals surface area contributed by atoms with Crippen LogP contribution >= 0.6 is 11.3 Å². The SMILES string of the molecule is CCNC(=NCC(C)c1ccsc1)NCCCNC(=O)c1ccccc1. The van der Waals surface area contributed by atoms with Crippen molar-refractivity contribution in [1.82, 2.24) is 16.0 Å². The van der Waals surface area contributed by atoms with Crippen molar-refractivity contribution >= 4 is 23.2 Å². The molecule has 2 aromatic rings. The standard InChI is InChI=1S/C20H28N4OS/c1-3-21-20(24-14-16(2)18-10-13-26-15-18)23-12-7-11-22-19(25)17-8-5-4-6-9-17/h4-6,8-10,13,15-16H,3,7,11-12,14H2,1-2H3,(H,22,25)(H2,21,23,24). The lowest BCUT2D eigenvalue weighted by molar-refractivity contribution is 0.0953. The predicted molar refractivity (Wildman–Crippen MR) is 110 cm³/mol. The minimum atomic E-state index is -0.0317. The Hall–Kier alpha value is -2.34. The number of amides is 1. The molecule has 2 rings (SSSR count). The molecular weight excluding hydrogens is 344 g/mol. The van der Waals surface area contributed by atoms with Gasteiger partial charge in [0.1, 0.15) is 0 Å². The van der Waals surface area contributed by atoms with Gasteiger partial charge in [0.2, 0.25) is 0 Å². The summed E-state index contributed by atoms with van der Waals surface area (Å²) in [6, 6.07) is 11.4. The summed E-state index contributed by atoms with van der Waals surface area (Å²) in [6.45, 7) is 7.20. The lowest BCUT2D eigenvalue weighted by atomic mass is 10.1. The van der Waals surface area contributed by atoms with Crippen molar-refractivity contribution in [2.75, 3.05) is 26.2 Å². The van der Waals surface area contributed by atoms with Crippen LogP contribution < -0.4 is 16.0 Å². The molecule has 3 N–H and O–H groups in total. The first kappa shape index (κ1) is 20.0. The van der Waals surface area contributed by atoms with Crippen molar-refractivity contribution in [2.45, 2.75) is 26.2 Å². The van der Waals surface area contributed by atoms with E-state index in [0.29, 0.717) is 18.0 Å². The molecule has 140 valence electrons. The minimum absolute atomic E-state index is 0.0317. The number of benzene rings is 1. The summed E-state index contributed by atoms with van der Waals surface area (Å²) in [5, 5.41) is 13.8. The van der Waals surface area contributed by atoms with Gasteiger partial charge in [-0.25, -0.2) is 0 Å². The Balaban J connectivity index is 1.69. The van der Waals surface area contributed by atoms with Crippen LogP contribution in [0.25, 0.3) is 0 Å². The average molecular weight is 373 g/mol. The van der Waals surface area contributed by atoms with Gasteiger partial charge >= 0.3 is 0 Å². The summed E-state index contributed by atoms with van der Waals surface area (Å²) in [6.07, 6.45) is 0.836. The molecule has 0 bridgehead atoms. The van der Waals surface area contributed by atoms with E-state index in [0.717, 1.165) is 32.0 Å². The monoisotopic (exact) mass is 372 g/mol. The normalized spacial score (nSPS) is 12.5. The van der Waals surface area contributed by atoms with Crippen LogP contribution in [0.5, 0.6) is 0 Å². The van der Waals surface area contributed by atoms with Crippen molar-refractivity contribution in [1.29, 1.82) is 0 Å². The van der Waals surface area contributed by atoms with Gasteiger partial charge in [-0.1, -0.05) is 25.1 Å². The van der Waals surface area contributed by atoms with E-state index < -0.39 is 0 Å². The Morgan fingerprint density at radius 2 is 1.88 bits per heavy atom. The smallest absolute Gasteiger partial charge is 0.251 e. The van der Waals surface area contributed by atoms with Crippen LogP contribution in [-0.2, 0) is 0 Å². The highest BCUT2D eigenvalue weighted by Gasteiger charge is 2.06. The highest BCUT2D eigenvalue weighted by Crippen LogP contribution is 2.18. The van der Waals surface area contributed by atoms with E-state index in [1.165, 1.54) is 5.56 Å². The Bertz CT molecular complexity index is 670. The molecule has 6 heteroatoms. The largest absolute Gasteiger partial charge is 0.357 e. The van der Waals surface area contributed by atoms with Crippen molar-refractivity contribution in [3.05, 3.63) is 58.3 Å². The highest BCUT2D eigenvalue weighted by atomic mass is 32.1. The summed E-state index contributed by atoms with van der Waals surface area (Å²) in [5.41, 5.74) is 2.02. The van der Waals surface area contributed by atoms with Gasteiger partial charge < -0.3 is 16.0 Å². The summed E-state index contributed by atoms with van der Waals surface area (Å²) in [4.78, 5) is 16.6. The molecule has 26 heavy (non-hydrogen) atoms. The second-order valence-corrected chi connectivity index (χ2v) is 6.86. The van der Waals surface area contributed by atoms with E-state index in [1.807, 2.05) is 30.3 Å². The number of hydrogen-bond donors (Lipinski definition) is 3. The molecule has 0 aliphatic heterocycles. The number of nitrogens with one attached hydrogen (secondary N) is 3. The van der Waals surface area contributed by atoms with Crippen molar-refractivity contribution in [3.8, 4) is 0 Å². The zero-order chi connectivity index (χ0) is 18.6. The number of thiophene rings is 1.